The minimum Gasteiger partial charge on any atom is -0.299 e. The molecule has 0 N–H and O–H groups in total. The molecule has 0 bridgehead atoms. The van der Waals surface area contributed by atoms with E-state index < -0.39 is 0 Å². The smallest absolute Gasteiger partial charge is 0.0351 e. The Bertz CT molecular complexity index is 162. The second kappa shape index (κ2) is 5.37. The Morgan fingerprint density at radius 3 is 2.21 bits per heavy atom. The third kappa shape index (κ3) is 2.64. The van der Waals surface area contributed by atoms with E-state index in [0.29, 0.717) is 0 Å². The highest BCUT2D eigenvalue weighted by Gasteiger charge is 2.27. The van der Waals surface area contributed by atoms with E-state index in [1.807, 2.05) is 0 Å². The molecule has 14 heavy (non-hydrogen) atoms. The van der Waals surface area contributed by atoms with Crippen LogP contribution in [-0.4, -0.2) is 29.9 Å². The van der Waals surface area contributed by atoms with Crippen molar-refractivity contribution in [1.82, 2.24) is 4.90 Å². The van der Waals surface area contributed by atoms with Gasteiger partial charge in [-0.2, -0.15) is 0 Å². The summed E-state index contributed by atoms with van der Waals surface area (Å²) >= 11 is 5.87. The molecule has 82 valence electrons. The quantitative estimate of drug-likeness (QED) is 0.637. The number of hydrogen-bond donors (Lipinski definition) is 0. The van der Waals surface area contributed by atoms with Crippen LogP contribution >= 0.6 is 11.6 Å². The summed E-state index contributed by atoms with van der Waals surface area (Å²) in [7, 11) is 0. The van der Waals surface area contributed by atoms with Crippen LogP contribution in [0.15, 0.2) is 0 Å². The van der Waals surface area contributed by atoms with Gasteiger partial charge in [-0.05, 0) is 31.6 Å². The molecular weight excluding hydrogens is 194 g/mol. The van der Waals surface area contributed by atoms with Gasteiger partial charge in [0.05, 0.1) is 0 Å². The Kier molecular flexibility index (Phi) is 4.12. The highest BCUT2D eigenvalue weighted by Crippen LogP contribution is 2.30. The highest BCUT2D eigenvalue weighted by molar-refractivity contribution is 6.18. The van der Waals surface area contributed by atoms with Gasteiger partial charge in [-0.25, -0.2) is 0 Å². The van der Waals surface area contributed by atoms with Gasteiger partial charge in [-0.1, -0.05) is 19.3 Å². The van der Waals surface area contributed by atoms with E-state index in [9.17, 15) is 0 Å². The summed E-state index contributed by atoms with van der Waals surface area (Å²) in [6.45, 7) is 2.44. The molecule has 2 aliphatic rings. The number of nitrogens with zero attached hydrogens (tertiary/aromatic N) is 1. The van der Waals surface area contributed by atoms with Crippen LogP contribution in [0, 0.1) is 5.92 Å². The zero-order valence-corrected chi connectivity index (χ0v) is 9.81. The van der Waals surface area contributed by atoms with Crippen molar-refractivity contribution in [3.63, 3.8) is 0 Å². The first-order valence-corrected chi connectivity index (χ1v) is 6.73. The number of hydrogen-bond acceptors (Lipinski definition) is 1. The molecule has 0 aromatic carbocycles. The monoisotopic (exact) mass is 215 g/mol. The van der Waals surface area contributed by atoms with E-state index in [4.69, 9.17) is 11.6 Å². The van der Waals surface area contributed by atoms with Crippen LogP contribution in [0.3, 0.4) is 0 Å². The van der Waals surface area contributed by atoms with Gasteiger partial charge < -0.3 is 0 Å². The lowest BCUT2D eigenvalue weighted by atomic mass is 9.90. The predicted octanol–water partition coefficient (Wildman–Crippen LogP) is 3.27. The van der Waals surface area contributed by atoms with Gasteiger partial charge in [0.1, 0.15) is 0 Å². The molecule has 2 fully saturated rings. The molecule has 2 saturated carbocycles. The molecule has 2 rings (SSSR count). The van der Waals surface area contributed by atoms with Gasteiger partial charge in [0.25, 0.3) is 0 Å². The SMILES string of the molecule is ClCCN(CC1CCCC1)C1CCC1. The van der Waals surface area contributed by atoms with Crippen molar-refractivity contribution in [2.24, 2.45) is 5.92 Å². The Labute approximate surface area is 92.8 Å². The molecule has 0 aromatic heterocycles. The van der Waals surface area contributed by atoms with E-state index in [1.165, 1.54) is 51.5 Å². The van der Waals surface area contributed by atoms with Gasteiger partial charge in [0.2, 0.25) is 0 Å². The van der Waals surface area contributed by atoms with E-state index in [2.05, 4.69) is 4.90 Å². The third-order valence-corrected chi connectivity index (χ3v) is 4.10. The summed E-state index contributed by atoms with van der Waals surface area (Å²) in [4.78, 5) is 2.66. The Morgan fingerprint density at radius 2 is 1.71 bits per heavy atom. The summed E-state index contributed by atoms with van der Waals surface area (Å²) in [5.74, 6) is 1.79. The minimum absolute atomic E-state index is 0.809. The summed E-state index contributed by atoms with van der Waals surface area (Å²) in [6.07, 6.45) is 10.1. The topological polar surface area (TPSA) is 3.24 Å². The number of halogens is 1. The maximum atomic E-state index is 5.87. The fraction of sp³-hybridized carbons (Fsp3) is 1.00. The van der Waals surface area contributed by atoms with Crippen LogP contribution < -0.4 is 0 Å². The Morgan fingerprint density at radius 1 is 1.00 bits per heavy atom. The van der Waals surface area contributed by atoms with Crippen LogP contribution in [0.25, 0.3) is 0 Å². The summed E-state index contributed by atoms with van der Waals surface area (Å²) in [6, 6.07) is 0.884. The van der Waals surface area contributed by atoms with Crippen molar-refractivity contribution >= 4 is 11.6 Å². The first kappa shape index (κ1) is 10.8. The van der Waals surface area contributed by atoms with Gasteiger partial charge >= 0.3 is 0 Å². The second-order valence-corrected chi connectivity index (χ2v) is 5.30. The first-order chi connectivity index (χ1) is 6.90. The van der Waals surface area contributed by atoms with E-state index in [1.54, 1.807) is 0 Å². The van der Waals surface area contributed by atoms with Crippen LogP contribution in [0.2, 0.25) is 0 Å². The molecule has 0 unspecified atom stereocenters. The molecule has 0 amide bonds. The molecule has 0 spiro atoms. The zero-order chi connectivity index (χ0) is 9.80. The molecule has 0 heterocycles. The average molecular weight is 216 g/mol. The van der Waals surface area contributed by atoms with Crippen molar-refractivity contribution in [2.75, 3.05) is 19.0 Å². The highest BCUT2D eigenvalue weighted by atomic mass is 35.5. The summed E-state index contributed by atoms with van der Waals surface area (Å²) < 4.78 is 0. The maximum Gasteiger partial charge on any atom is 0.0351 e. The van der Waals surface area contributed by atoms with Crippen molar-refractivity contribution in [1.29, 1.82) is 0 Å². The van der Waals surface area contributed by atoms with E-state index >= 15 is 0 Å². The summed E-state index contributed by atoms with van der Waals surface area (Å²) in [5.41, 5.74) is 0. The van der Waals surface area contributed by atoms with Crippen LogP contribution in [-0.2, 0) is 0 Å². The zero-order valence-electron chi connectivity index (χ0n) is 9.05. The lowest BCUT2D eigenvalue weighted by molar-refractivity contribution is 0.115. The third-order valence-electron chi connectivity index (χ3n) is 3.93. The summed E-state index contributed by atoms with van der Waals surface area (Å²) in [5, 5.41) is 0. The average Bonchev–Trinajstić information content (AvgIpc) is 2.54. The second-order valence-electron chi connectivity index (χ2n) is 4.92. The minimum atomic E-state index is 0.809. The van der Waals surface area contributed by atoms with Crippen molar-refractivity contribution in [2.45, 2.75) is 51.0 Å². The molecule has 1 nitrogen and oxygen atoms in total. The van der Waals surface area contributed by atoms with Gasteiger partial charge in [-0.15, -0.1) is 11.6 Å². The Hall–Kier alpha value is 0.250. The predicted molar refractivity (Wildman–Crippen MR) is 61.9 cm³/mol. The first-order valence-electron chi connectivity index (χ1n) is 6.20. The molecule has 0 saturated heterocycles. The van der Waals surface area contributed by atoms with Crippen molar-refractivity contribution in [3.8, 4) is 0 Å². The number of rotatable bonds is 5. The van der Waals surface area contributed by atoms with Crippen LogP contribution in [0.1, 0.15) is 44.9 Å². The largest absolute Gasteiger partial charge is 0.299 e. The van der Waals surface area contributed by atoms with Crippen LogP contribution in [0.4, 0.5) is 0 Å². The number of alkyl halides is 1. The van der Waals surface area contributed by atoms with Gasteiger partial charge in [0, 0.05) is 25.0 Å². The van der Waals surface area contributed by atoms with Crippen molar-refractivity contribution < 1.29 is 0 Å². The normalized spacial score (nSPS) is 24.4. The maximum absolute atomic E-state index is 5.87. The van der Waals surface area contributed by atoms with E-state index in [-0.39, 0.29) is 0 Å². The molecule has 0 aromatic rings. The van der Waals surface area contributed by atoms with E-state index in [0.717, 1.165) is 24.4 Å². The lowest BCUT2D eigenvalue weighted by Gasteiger charge is -2.38. The molecule has 0 atom stereocenters. The molecule has 2 aliphatic carbocycles. The van der Waals surface area contributed by atoms with Gasteiger partial charge in [0.15, 0.2) is 0 Å². The molecule has 0 aliphatic heterocycles. The lowest BCUT2D eigenvalue weighted by Crippen LogP contribution is -2.43. The fourth-order valence-corrected chi connectivity index (χ4v) is 3.03. The molecular formula is C12H22ClN. The fourth-order valence-electron chi connectivity index (χ4n) is 2.81. The van der Waals surface area contributed by atoms with Crippen molar-refractivity contribution in [3.05, 3.63) is 0 Å². The standard InChI is InChI=1S/C12H22ClN/c13-8-9-14(12-6-3-7-12)10-11-4-1-2-5-11/h11-12H,1-10H2. The Balaban J connectivity index is 1.76. The van der Waals surface area contributed by atoms with Crippen LogP contribution in [0.5, 0.6) is 0 Å². The molecule has 2 heteroatoms. The molecule has 0 radical (unpaired) electrons. The van der Waals surface area contributed by atoms with Gasteiger partial charge in [-0.3, -0.25) is 4.90 Å².